The first-order valence-electron chi connectivity index (χ1n) is 3.78. The monoisotopic (exact) mass is 158 g/mol. The summed E-state index contributed by atoms with van der Waals surface area (Å²) < 4.78 is 5.25. The number of carbonyl (C=O) groups is 1. The van der Waals surface area contributed by atoms with Crippen molar-refractivity contribution in [1.29, 1.82) is 0 Å². The number of hydrogen-bond donors (Lipinski definition) is 0. The first kappa shape index (κ1) is 7.79. The summed E-state index contributed by atoms with van der Waals surface area (Å²) >= 11 is 0. The summed E-state index contributed by atoms with van der Waals surface area (Å²) in [6, 6.07) is 1.02. The fraction of sp³-hybridized carbons (Fsp3) is 0.857. The van der Waals surface area contributed by atoms with Gasteiger partial charge in [0, 0.05) is 0 Å². The van der Waals surface area contributed by atoms with Crippen molar-refractivity contribution in [2.24, 2.45) is 5.92 Å². The van der Waals surface area contributed by atoms with E-state index in [1.807, 2.05) is 6.92 Å². The van der Waals surface area contributed by atoms with E-state index in [0.717, 1.165) is 12.5 Å². The second kappa shape index (κ2) is 2.38. The van der Waals surface area contributed by atoms with Crippen LogP contribution in [0.5, 0.6) is 0 Å². The number of rotatable bonds is 1. The summed E-state index contributed by atoms with van der Waals surface area (Å²) in [4.78, 5) is 11.0. The summed E-state index contributed by atoms with van der Waals surface area (Å²) in [6.45, 7) is 6.24. The van der Waals surface area contributed by atoms with Crippen molar-refractivity contribution < 1.29 is 9.22 Å². The van der Waals surface area contributed by atoms with E-state index in [1.54, 1.807) is 0 Å². The molecule has 1 atom stereocenters. The van der Waals surface area contributed by atoms with Crippen molar-refractivity contribution >= 4 is 14.3 Å². The molecule has 0 aromatic heterocycles. The lowest BCUT2D eigenvalue weighted by Gasteiger charge is -2.10. The van der Waals surface area contributed by atoms with Crippen LogP contribution >= 0.6 is 0 Å². The first-order chi connectivity index (χ1) is 4.55. The third kappa shape index (κ3) is 1.40. The minimum atomic E-state index is -1.54. The normalized spacial score (nSPS) is 30.3. The Hall–Kier alpha value is -0.313. The zero-order valence-electron chi connectivity index (χ0n) is 6.81. The van der Waals surface area contributed by atoms with Gasteiger partial charge < -0.3 is 4.43 Å². The van der Waals surface area contributed by atoms with Gasteiger partial charge in [0.25, 0.3) is 5.97 Å². The molecule has 58 valence electrons. The zero-order chi connectivity index (χ0) is 7.78. The maximum Gasteiger partial charge on any atom is 0.295 e. The van der Waals surface area contributed by atoms with Crippen LogP contribution < -0.4 is 0 Å². The van der Waals surface area contributed by atoms with Gasteiger partial charge in [-0.25, -0.2) is 0 Å². The first-order valence-corrected chi connectivity index (χ1v) is 6.89. The molecular weight excluding hydrogens is 144 g/mol. The summed E-state index contributed by atoms with van der Waals surface area (Å²) in [7, 11) is -1.54. The van der Waals surface area contributed by atoms with Crippen LogP contribution in [0.4, 0.5) is 0 Å². The van der Waals surface area contributed by atoms with Gasteiger partial charge in [-0.1, -0.05) is 6.92 Å². The Morgan fingerprint density at radius 1 is 1.70 bits per heavy atom. The molecule has 1 aliphatic heterocycles. The minimum Gasteiger partial charge on any atom is -0.519 e. The van der Waals surface area contributed by atoms with E-state index in [1.165, 1.54) is 0 Å². The van der Waals surface area contributed by atoms with Gasteiger partial charge in [0.2, 0.25) is 8.32 Å². The highest BCUT2D eigenvalue weighted by molar-refractivity contribution is 6.74. The van der Waals surface area contributed by atoms with E-state index in [0.29, 0.717) is 0 Å². The lowest BCUT2D eigenvalue weighted by atomic mass is 10.1. The van der Waals surface area contributed by atoms with Gasteiger partial charge >= 0.3 is 0 Å². The smallest absolute Gasteiger partial charge is 0.295 e. The van der Waals surface area contributed by atoms with Crippen molar-refractivity contribution in [3.05, 3.63) is 0 Å². The molecule has 0 saturated carbocycles. The molecule has 0 spiro atoms. The van der Waals surface area contributed by atoms with E-state index < -0.39 is 8.32 Å². The highest BCUT2D eigenvalue weighted by atomic mass is 28.4. The molecule has 1 heterocycles. The second-order valence-corrected chi connectivity index (χ2v) is 7.62. The lowest BCUT2D eigenvalue weighted by Crippen LogP contribution is -2.24. The zero-order valence-corrected chi connectivity index (χ0v) is 7.81. The molecule has 2 nitrogen and oxygen atoms in total. The molecular formula is C7H14O2Si. The Labute approximate surface area is 62.7 Å². The standard InChI is InChI=1S/C7H14O2Si/c1-4-6-5-10(2,3)9-7(6)8/h6H,4-5H2,1-3H3. The van der Waals surface area contributed by atoms with E-state index in [2.05, 4.69) is 13.1 Å². The molecule has 1 aliphatic rings. The summed E-state index contributed by atoms with van der Waals surface area (Å²) in [5, 5.41) is 0. The van der Waals surface area contributed by atoms with Gasteiger partial charge in [-0.2, -0.15) is 0 Å². The van der Waals surface area contributed by atoms with Gasteiger partial charge in [0.15, 0.2) is 0 Å². The third-order valence-corrected chi connectivity index (χ3v) is 4.17. The van der Waals surface area contributed by atoms with E-state index in [4.69, 9.17) is 4.43 Å². The van der Waals surface area contributed by atoms with Gasteiger partial charge in [-0.05, 0) is 25.6 Å². The molecule has 0 amide bonds. The average molecular weight is 158 g/mol. The van der Waals surface area contributed by atoms with Crippen LogP contribution in [0.1, 0.15) is 13.3 Å². The Balaban J connectivity index is 2.61. The van der Waals surface area contributed by atoms with Crippen molar-refractivity contribution in [1.82, 2.24) is 0 Å². The van der Waals surface area contributed by atoms with Gasteiger partial charge in [0.1, 0.15) is 0 Å². The Bertz CT molecular complexity index is 154. The second-order valence-electron chi connectivity index (χ2n) is 3.49. The van der Waals surface area contributed by atoms with Gasteiger partial charge in [-0.3, -0.25) is 4.79 Å². The van der Waals surface area contributed by atoms with Crippen LogP contribution in [0.3, 0.4) is 0 Å². The molecule has 0 radical (unpaired) electrons. The molecule has 1 rings (SSSR count). The van der Waals surface area contributed by atoms with Gasteiger partial charge in [0.05, 0.1) is 5.92 Å². The van der Waals surface area contributed by atoms with Crippen LogP contribution in [0.15, 0.2) is 0 Å². The SMILES string of the molecule is CCC1C[Si](C)(C)OC1=O. The van der Waals surface area contributed by atoms with Crippen LogP contribution in [0.25, 0.3) is 0 Å². The fourth-order valence-electron chi connectivity index (χ4n) is 1.39. The van der Waals surface area contributed by atoms with E-state index in [-0.39, 0.29) is 11.9 Å². The molecule has 10 heavy (non-hydrogen) atoms. The molecule has 0 aromatic carbocycles. The van der Waals surface area contributed by atoms with Crippen LogP contribution in [-0.4, -0.2) is 14.3 Å². The molecule has 0 N–H and O–H groups in total. The van der Waals surface area contributed by atoms with Crippen molar-refractivity contribution in [2.75, 3.05) is 0 Å². The summed E-state index contributed by atoms with van der Waals surface area (Å²) in [5.74, 6) is 0.251. The summed E-state index contributed by atoms with van der Waals surface area (Å²) in [6.07, 6.45) is 0.940. The fourth-order valence-corrected chi connectivity index (χ4v) is 3.82. The van der Waals surface area contributed by atoms with Crippen LogP contribution in [-0.2, 0) is 9.22 Å². The molecule has 1 unspecified atom stereocenters. The van der Waals surface area contributed by atoms with Crippen LogP contribution in [0, 0.1) is 5.92 Å². The average Bonchev–Trinajstić information content (AvgIpc) is 2.05. The quantitative estimate of drug-likeness (QED) is 0.544. The Morgan fingerprint density at radius 2 is 2.30 bits per heavy atom. The molecule has 0 bridgehead atoms. The molecule has 0 aliphatic carbocycles. The van der Waals surface area contributed by atoms with E-state index in [9.17, 15) is 4.79 Å². The minimum absolute atomic E-state index is 0.0409. The summed E-state index contributed by atoms with van der Waals surface area (Å²) in [5.41, 5.74) is 0. The Kier molecular flexibility index (Phi) is 1.85. The molecule has 0 aromatic rings. The highest BCUT2D eigenvalue weighted by Gasteiger charge is 2.41. The molecule has 1 saturated heterocycles. The van der Waals surface area contributed by atoms with Crippen LogP contribution in [0.2, 0.25) is 19.1 Å². The maximum absolute atomic E-state index is 11.0. The highest BCUT2D eigenvalue weighted by Crippen LogP contribution is 2.29. The lowest BCUT2D eigenvalue weighted by molar-refractivity contribution is -0.136. The number of carbonyl (C=O) groups excluding carboxylic acids is 1. The molecule has 1 fully saturated rings. The largest absolute Gasteiger partial charge is 0.519 e. The van der Waals surface area contributed by atoms with Gasteiger partial charge in [-0.15, -0.1) is 0 Å². The predicted molar refractivity (Wildman–Crippen MR) is 42.2 cm³/mol. The molecule has 3 heteroatoms. The maximum atomic E-state index is 11.0. The topological polar surface area (TPSA) is 26.3 Å². The number of hydrogen-bond acceptors (Lipinski definition) is 2. The Morgan fingerprint density at radius 3 is 2.50 bits per heavy atom. The van der Waals surface area contributed by atoms with E-state index >= 15 is 0 Å². The van der Waals surface area contributed by atoms with Crippen molar-refractivity contribution in [2.45, 2.75) is 32.5 Å². The predicted octanol–water partition coefficient (Wildman–Crippen LogP) is 1.77. The van der Waals surface area contributed by atoms with Crippen molar-refractivity contribution in [3.63, 3.8) is 0 Å². The van der Waals surface area contributed by atoms with Crippen molar-refractivity contribution in [3.8, 4) is 0 Å². The third-order valence-electron chi connectivity index (χ3n) is 1.94.